The average Bonchev–Trinajstić information content (AvgIpc) is 1.81. The first-order chi connectivity index (χ1) is 42.6. The van der Waals surface area contributed by atoms with E-state index in [0.29, 0.717) is 0 Å². The van der Waals surface area contributed by atoms with Crippen LogP contribution in [0, 0.1) is 0 Å². The second-order valence-corrected chi connectivity index (χ2v) is 28.7. The lowest BCUT2D eigenvalue weighted by molar-refractivity contribution is -0.0630. The van der Waals surface area contributed by atoms with E-state index in [2.05, 4.69) is 67.1 Å². The molecule has 6 aliphatic rings. The van der Waals surface area contributed by atoms with Crippen molar-refractivity contribution < 1.29 is 101 Å². The summed E-state index contributed by atoms with van der Waals surface area (Å²) in [5.41, 5.74) is 21.9. The molecule has 484 valence electrons. The molecule has 4 unspecified atom stereocenters. The molecule has 6 aliphatic heterocycles. The van der Waals surface area contributed by atoms with Crippen molar-refractivity contribution >= 4 is 121 Å². The summed E-state index contributed by atoms with van der Waals surface area (Å²) in [4.78, 5) is 97.2. The molecule has 0 radical (unpaired) electrons. The third kappa shape index (κ3) is 11.7. The number of anilines is 4. The Morgan fingerprint density at radius 2 is 0.956 bits per heavy atom. The monoisotopic (exact) mass is 1390 g/mol. The predicted octanol–water partition coefficient (Wildman–Crippen LogP) is 0.885. The Balaban J connectivity index is 0.000000165. The summed E-state index contributed by atoms with van der Waals surface area (Å²) in [6.07, 6.45) is -21.2. The smallest absolute Gasteiger partial charge is 0.397 e. The maximum Gasteiger partial charge on any atom is 0.472 e. The molecule has 0 spiro atoms. The van der Waals surface area contributed by atoms with Crippen molar-refractivity contribution in [2.75, 3.05) is 49.4 Å². The number of nitrogens with one attached hydrogen (secondary N) is 2. The van der Waals surface area contributed by atoms with E-state index in [9.17, 15) is 38.0 Å². The zero-order valence-electron chi connectivity index (χ0n) is 44.7. The molecule has 13 N–H and O–H groups in total. The van der Waals surface area contributed by atoms with Gasteiger partial charge in [0.2, 0.25) is 11.9 Å². The first kappa shape index (κ1) is 62.7. The maximum atomic E-state index is 15.9. The standard InChI is InChI=1S/C21H23F2N9O10P2S.C20H22F2N10O10P2S/c22-10-8-3-37-43(34,35)41-14-9(40-19(11(14)23)31-5-27-12-7(24)1-2-26-16(12)31)4-38-44(36,45)42-15(10)20(39-8)32-6-28-13-17(32)29-21(25)30-18(13)33;21-8-6-1-37-43(34,35)41-12-7(40-18(9(12)22)31-4-27-10-14(23)25-3-26-15(10)31)2-38-44(36,45)42-13(8)19(39-6)32-5-28-11-16(32)29-20(24)30-17(11)33/h1-2,5-6,8-11,14-15,19-20H,3-4H2,(H2,24,26)(H,34,35)(H,36,45)(H3,25,29,30,33);3-9,12-13,18-19H,1-2H2,(H,34,35)(H,36,45)(H2,23,25,26)(H3,24,29,30,33)/t8-,9-,10-,11+,14-,15+,19-,20-,44?;6-,7-,8-,9+,12-,13+,18-,19-,44?/m11/s1. The molecular weight excluding hydrogens is 1340 g/mol. The number of phosphoric acid groups is 2. The highest BCUT2D eigenvalue weighted by atomic mass is 32.7. The molecule has 14 heterocycles. The molecule has 20 atom stereocenters. The van der Waals surface area contributed by atoms with Gasteiger partial charge in [-0.2, -0.15) is 9.97 Å². The van der Waals surface area contributed by atoms with E-state index in [1.807, 2.05) is 0 Å². The largest absolute Gasteiger partial charge is 0.472 e. The highest BCUT2D eigenvalue weighted by molar-refractivity contribution is 8.44. The zero-order chi connectivity index (χ0) is 63.7. The van der Waals surface area contributed by atoms with Gasteiger partial charge >= 0.3 is 29.2 Å². The van der Waals surface area contributed by atoms with E-state index in [-0.39, 0.29) is 68.1 Å². The van der Waals surface area contributed by atoms with Gasteiger partial charge in [-0.25, -0.2) is 66.1 Å². The second kappa shape index (κ2) is 23.5. The Hall–Kier alpha value is -6.12. The SMILES string of the molecule is Nc1nc2c(ncn2[C@@H]2O[C@@H]3COP(=O)(O)O[C@H]4[C@H](F)[C@H](n5cnc6c(N)ccnc65)O[C@@H]4COP(O)(=S)O[C@H]2[C@@H]3F)c(=O)[nH]1.Nc1nc2c(ncn2[C@@H]2O[C@@H]3COP(=O)(O)O[C@H]4[C@H](F)[C@H](n5cnc6c(N)ncnc65)O[C@@H]4COP(=O)(S)O[C@H]2[C@@H]3F)c(=O)[nH]1. The van der Waals surface area contributed by atoms with Crippen LogP contribution in [0.25, 0.3) is 44.7 Å². The van der Waals surface area contributed by atoms with E-state index >= 15 is 17.6 Å². The van der Waals surface area contributed by atoms with E-state index in [4.69, 9.17) is 89.9 Å². The lowest BCUT2D eigenvalue weighted by Gasteiger charge is -2.27. The first-order valence-corrected chi connectivity index (χ1v) is 34.2. The Kier molecular flexibility index (Phi) is 16.3. The fraction of sp³-hybridized carbons (Fsp3) is 0.488. The zero-order valence-corrected chi connectivity index (χ0v) is 50.0. The maximum absolute atomic E-state index is 15.9. The van der Waals surface area contributed by atoms with Gasteiger partial charge in [0.05, 0.1) is 57.4 Å². The number of aromatic amines is 2. The molecule has 39 nitrogen and oxygen atoms in total. The van der Waals surface area contributed by atoms with Gasteiger partial charge in [0.15, 0.2) is 89.0 Å². The van der Waals surface area contributed by atoms with Crippen LogP contribution >= 0.6 is 41.4 Å². The summed E-state index contributed by atoms with van der Waals surface area (Å²) < 4.78 is 172. The number of ether oxygens (including phenoxy) is 4. The number of nitrogens with two attached hydrogens (primary N) is 4. The average molecular weight is 1390 g/mol. The molecule has 0 saturated carbocycles. The number of alkyl halides is 4. The van der Waals surface area contributed by atoms with Crippen molar-refractivity contribution in [2.45, 2.75) is 98.4 Å². The fourth-order valence-corrected chi connectivity index (χ4v) is 15.3. The van der Waals surface area contributed by atoms with Gasteiger partial charge in [0.1, 0.15) is 66.2 Å². The number of pyridine rings is 1. The van der Waals surface area contributed by atoms with E-state index < -0.39 is 165 Å². The van der Waals surface area contributed by atoms with E-state index in [1.165, 1.54) is 29.5 Å². The van der Waals surface area contributed by atoms with E-state index in [1.54, 1.807) is 0 Å². The van der Waals surface area contributed by atoms with Crippen molar-refractivity contribution in [3.63, 3.8) is 0 Å². The van der Waals surface area contributed by atoms with Gasteiger partial charge in [-0.15, -0.1) is 0 Å². The molecule has 0 aliphatic carbocycles. The Morgan fingerprint density at radius 1 is 0.522 bits per heavy atom. The van der Waals surface area contributed by atoms with Crippen LogP contribution < -0.4 is 34.1 Å². The van der Waals surface area contributed by atoms with Crippen LogP contribution in [0.3, 0.4) is 0 Å². The molecule has 8 aromatic heterocycles. The minimum Gasteiger partial charge on any atom is -0.397 e. The summed E-state index contributed by atoms with van der Waals surface area (Å²) >= 11 is 9.09. The number of nitrogen functional groups attached to an aromatic ring is 4. The molecule has 8 aromatic rings. The van der Waals surface area contributed by atoms with Gasteiger partial charge in [-0.05, 0) is 17.9 Å². The topological polar surface area (TPSA) is 528 Å². The first-order valence-electron chi connectivity index (χ1n) is 25.9. The quantitative estimate of drug-likeness (QED) is 0.0664. The van der Waals surface area contributed by atoms with Crippen molar-refractivity contribution in [1.82, 2.24) is 73.1 Å². The van der Waals surface area contributed by atoms with Crippen LogP contribution in [0.4, 0.5) is 41.0 Å². The normalized spacial score (nSPS) is 37.7. The number of aromatic nitrogens is 15. The molecule has 6 saturated heterocycles. The van der Waals surface area contributed by atoms with Crippen molar-refractivity contribution in [3.05, 3.63) is 64.6 Å². The fourth-order valence-electron chi connectivity index (χ4n) is 10.5. The van der Waals surface area contributed by atoms with Gasteiger partial charge in [-0.3, -0.25) is 69.5 Å². The third-order valence-corrected chi connectivity index (χ3v) is 19.7. The lowest BCUT2D eigenvalue weighted by Crippen LogP contribution is -2.34. The number of hydrogen-bond acceptors (Lipinski definition) is 31. The van der Waals surface area contributed by atoms with Crippen LogP contribution in [-0.2, 0) is 80.6 Å². The highest BCUT2D eigenvalue weighted by Crippen LogP contribution is 2.60. The molecular formula is C41H45F4N19O20P4S2. The number of halogens is 4. The Bertz CT molecular complexity index is 4170. The molecule has 4 bridgehead atoms. The number of rotatable bonds is 4. The van der Waals surface area contributed by atoms with Crippen LogP contribution in [-0.4, -0.2) is 188 Å². The van der Waals surface area contributed by atoms with Gasteiger partial charge in [0, 0.05) is 6.20 Å². The van der Waals surface area contributed by atoms with Crippen LogP contribution in [0.15, 0.2) is 53.5 Å². The number of nitrogens with zero attached hydrogens (tertiary/aromatic N) is 13. The summed E-state index contributed by atoms with van der Waals surface area (Å²) in [5.74, 6) is -0.567. The number of phosphoric ester groups is 2. The van der Waals surface area contributed by atoms with Crippen molar-refractivity contribution in [1.29, 1.82) is 0 Å². The number of hydrogen-bond donors (Lipinski definition) is 10. The van der Waals surface area contributed by atoms with Gasteiger partial charge in [-0.1, -0.05) is 12.2 Å². The molecule has 49 heteroatoms. The molecule has 0 aromatic carbocycles. The molecule has 14 rings (SSSR count). The Labute approximate surface area is 506 Å². The molecule has 6 fully saturated rings. The van der Waals surface area contributed by atoms with Crippen LogP contribution in [0.2, 0.25) is 0 Å². The third-order valence-electron chi connectivity index (χ3n) is 14.6. The summed E-state index contributed by atoms with van der Waals surface area (Å²) in [7, 11) is -10.3. The minimum absolute atomic E-state index is 0.00627. The lowest BCUT2D eigenvalue weighted by atomic mass is 10.1. The summed E-state index contributed by atoms with van der Waals surface area (Å²) in [5, 5.41) is 0. The molecule has 0 amide bonds. The van der Waals surface area contributed by atoms with Crippen LogP contribution in [0.5, 0.6) is 0 Å². The molecule has 90 heavy (non-hydrogen) atoms. The minimum atomic E-state index is -5.16. The highest BCUT2D eigenvalue weighted by Gasteiger charge is 2.57. The van der Waals surface area contributed by atoms with Gasteiger partial charge < -0.3 is 61.1 Å². The van der Waals surface area contributed by atoms with Gasteiger partial charge in [0.25, 0.3) is 11.1 Å². The van der Waals surface area contributed by atoms with Crippen LogP contribution in [0.1, 0.15) is 24.9 Å². The summed E-state index contributed by atoms with van der Waals surface area (Å²) in [6, 6.07) is 1.49. The van der Waals surface area contributed by atoms with E-state index in [0.717, 1.165) is 32.7 Å². The number of H-pyrrole nitrogens is 2. The number of imidazole rings is 4. The Morgan fingerprint density at radius 3 is 1.48 bits per heavy atom. The number of thiol groups is 1. The van der Waals surface area contributed by atoms with Crippen molar-refractivity contribution in [2.24, 2.45) is 0 Å². The number of fused-ring (bicyclic) bond motifs is 10. The second-order valence-electron chi connectivity index (χ2n) is 20.2. The van der Waals surface area contributed by atoms with Crippen molar-refractivity contribution in [3.8, 4) is 0 Å². The summed E-state index contributed by atoms with van der Waals surface area (Å²) in [6.45, 7) is -12.3. The predicted molar refractivity (Wildman–Crippen MR) is 298 cm³/mol.